The lowest BCUT2D eigenvalue weighted by Crippen LogP contribution is -2.44. The Morgan fingerprint density at radius 1 is 1.17 bits per heavy atom. The fourth-order valence-corrected chi connectivity index (χ4v) is 6.07. The molecule has 2 aromatic carbocycles. The fraction of sp³-hybridized carbons (Fsp3) is 0.452. The van der Waals surface area contributed by atoms with E-state index in [0.717, 1.165) is 35.5 Å². The van der Waals surface area contributed by atoms with Crippen LogP contribution in [0.3, 0.4) is 0 Å². The van der Waals surface area contributed by atoms with E-state index in [0.29, 0.717) is 44.0 Å². The van der Waals surface area contributed by atoms with Crippen molar-refractivity contribution in [2.24, 2.45) is 18.7 Å². The molecular weight excluding hydrogens is 522 g/mol. The number of amides is 1. The molecule has 0 unspecified atom stereocenters. The number of nitrogens with zero attached hydrogens (tertiary/aromatic N) is 4. The number of aromatic nitrogens is 2. The number of fused-ring (bicyclic) bond motifs is 1. The Morgan fingerprint density at radius 2 is 2.00 bits per heavy atom. The molecule has 218 valence electrons. The number of likely N-dealkylation sites (tertiary alicyclic amines) is 1. The molecule has 5 rings (SSSR count). The number of carboxylic acids is 1. The second kappa shape index (κ2) is 12.7. The number of unbranched alkanes of at least 4 members (excludes halogenated alkanes) is 1. The van der Waals surface area contributed by atoms with Gasteiger partial charge in [0.05, 0.1) is 12.5 Å². The molecule has 3 aromatic rings. The molecule has 1 saturated heterocycles. The number of rotatable bonds is 12. The first-order chi connectivity index (χ1) is 19.9. The van der Waals surface area contributed by atoms with Gasteiger partial charge in [-0.25, -0.2) is 4.98 Å². The van der Waals surface area contributed by atoms with Gasteiger partial charge in [-0.1, -0.05) is 31.5 Å². The Labute approximate surface area is 240 Å². The van der Waals surface area contributed by atoms with Crippen LogP contribution in [0.1, 0.15) is 49.1 Å². The Kier molecular flexibility index (Phi) is 8.90. The highest BCUT2D eigenvalue weighted by atomic mass is 16.7. The third-order valence-corrected chi connectivity index (χ3v) is 8.28. The highest BCUT2D eigenvalue weighted by molar-refractivity contribution is 5.95. The number of anilines is 1. The van der Waals surface area contributed by atoms with E-state index in [2.05, 4.69) is 16.8 Å². The summed E-state index contributed by atoms with van der Waals surface area (Å²) >= 11 is 0. The zero-order chi connectivity index (χ0) is 28.9. The summed E-state index contributed by atoms with van der Waals surface area (Å²) in [6.07, 6.45) is 6.61. The molecule has 1 fully saturated rings. The summed E-state index contributed by atoms with van der Waals surface area (Å²) in [7, 11) is 1.93. The summed E-state index contributed by atoms with van der Waals surface area (Å²) < 4.78 is 13.0. The Bertz CT molecular complexity index is 1370. The minimum Gasteiger partial charge on any atom is -0.481 e. The van der Waals surface area contributed by atoms with Crippen LogP contribution in [0, 0.1) is 5.92 Å². The first-order valence-electron chi connectivity index (χ1n) is 14.3. The number of aliphatic carboxylic acids is 1. The zero-order valence-electron chi connectivity index (χ0n) is 23.7. The van der Waals surface area contributed by atoms with Crippen LogP contribution in [0.5, 0.6) is 11.5 Å². The van der Waals surface area contributed by atoms with Crippen molar-refractivity contribution in [3.63, 3.8) is 0 Å². The number of ether oxygens (including phenoxy) is 2. The van der Waals surface area contributed by atoms with Crippen LogP contribution in [-0.4, -0.2) is 63.9 Å². The Hall–Kier alpha value is -3.89. The lowest BCUT2D eigenvalue weighted by molar-refractivity contribution is -0.143. The average Bonchev–Trinajstić information content (AvgIpc) is 3.70. The molecular formula is C31H39N5O5. The highest BCUT2D eigenvalue weighted by Gasteiger charge is 2.47. The number of benzene rings is 2. The summed E-state index contributed by atoms with van der Waals surface area (Å²) in [6, 6.07) is 13.1. The quantitative estimate of drug-likeness (QED) is 0.344. The molecule has 41 heavy (non-hydrogen) atoms. The van der Waals surface area contributed by atoms with Crippen LogP contribution in [0.25, 0.3) is 0 Å². The van der Waals surface area contributed by atoms with Crippen molar-refractivity contribution >= 4 is 17.6 Å². The summed E-state index contributed by atoms with van der Waals surface area (Å²) in [5, 5.41) is 10.5. The van der Waals surface area contributed by atoms with Gasteiger partial charge >= 0.3 is 5.97 Å². The molecule has 3 atom stereocenters. The van der Waals surface area contributed by atoms with Crippen LogP contribution < -0.4 is 20.1 Å². The van der Waals surface area contributed by atoms with Gasteiger partial charge < -0.3 is 29.8 Å². The molecule has 3 heterocycles. The number of imidazole rings is 1. The van der Waals surface area contributed by atoms with Crippen molar-refractivity contribution in [2.45, 2.75) is 51.1 Å². The van der Waals surface area contributed by atoms with Crippen molar-refractivity contribution in [3.8, 4) is 11.5 Å². The van der Waals surface area contributed by atoms with Crippen LogP contribution in [0.2, 0.25) is 0 Å². The zero-order valence-corrected chi connectivity index (χ0v) is 23.7. The van der Waals surface area contributed by atoms with E-state index >= 15 is 0 Å². The summed E-state index contributed by atoms with van der Waals surface area (Å²) in [5.41, 5.74) is 8.53. The van der Waals surface area contributed by atoms with E-state index in [-0.39, 0.29) is 31.2 Å². The molecule has 1 amide bonds. The maximum Gasteiger partial charge on any atom is 0.308 e. The minimum absolute atomic E-state index is 0.0508. The second-order valence-corrected chi connectivity index (χ2v) is 10.8. The molecule has 2 aliphatic heterocycles. The predicted molar refractivity (Wildman–Crippen MR) is 155 cm³/mol. The van der Waals surface area contributed by atoms with Gasteiger partial charge in [0.1, 0.15) is 5.82 Å². The topological polar surface area (TPSA) is 123 Å². The van der Waals surface area contributed by atoms with Crippen LogP contribution >= 0.6 is 0 Å². The minimum atomic E-state index is -0.869. The van der Waals surface area contributed by atoms with Crippen molar-refractivity contribution in [1.29, 1.82) is 0 Å². The summed E-state index contributed by atoms with van der Waals surface area (Å²) in [5.74, 6) is 0.226. The van der Waals surface area contributed by atoms with E-state index in [4.69, 9.17) is 15.2 Å². The van der Waals surface area contributed by atoms with Gasteiger partial charge in [-0.15, -0.1) is 0 Å². The largest absolute Gasteiger partial charge is 0.481 e. The van der Waals surface area contributed by atoms with E-state index in [1.807, 2.05) is 65.2 Å². The Morgan fingerprint density at radius 3 is 2.73 bits per heavy atom. The third kappa shape index (κ3) is 6.23. The number of aryl methyl sites for hydroxylation is 2. The maximum absolute atomic E-state index is 14.0. The van der Waals surface area contributed by atoms with Gasteiger partial charge in [-0.2, -0.15) is 0 Å². The van der Waals surface area contributed by atoms with Crippen molar-refractivity contribution in [1.82, 2.24) is 14.5 Å². The van der Waals surface area contributed by atoms with Gasteiger partial charge in [0.2, 0.25) is 12.7 Å². The number of carbonyl (C=O) groups excluding carboxylic acids is 1. The average molecular weight is 562 g/mol. The normalized spacial score (nSPS) is 19.9. The van der Waals surface area contributed by atoms with Crippen LogP contribution in [0.15, 0.2) is 54.9 Å². The second-order valence-electron chi connectivity index (χ2n) is 10.8. The van der Waals surface area contributed by atoms with Crippen molar-refractivity contribution < 1.29 is 24.2 Å². The molecule has 0 saturated carbocycles. The van der Waals surface area contributed by atoms with Gasteiger partial charge in [0.15, 0.2) is 11.5 Å². The van der Waals surface area contributed by atoms with Crippen LogP contribution in [-0.2, 0) is 29.6 Å². The van der Waals surface area contributed by atoms with Gasteiger partial charge in [0, 0.05) is 63.1 Å². The molecule has 0 bridgehead atoms. The molecule has 0 spiro atoms. The Balaban J connectivity index is 1.44. The smallest absolute Gasteiger partial charge is 0.308 e. The van der Waals surface area contributed by atoms with Gasteiger partial charge in [-0.05, 0) is 48.2 Å². The summed E-state index contributed by atoms with van der Waals surface area (Å²) in [6.45, 7) is 3.79. The molecule has 2 aliphatic rings. The molecule has 10 nitrogen and oxygen atoms in total. The fourth-order valence-electron chi connectivity index (χ4n) is 6.07. The molecule has 1 aromatic heterocycles. The molecule has 0 aliphatic carbocycles. The number of carbonyl (C=O) groups is 2. The highest BCUT2D eigenvalue weighted by Crippen LogP contribution is 2.43. The lowest BCUT2D eigenvalue weighted by atomic mass is 9.83. The summed E-state index contributed by atoms with van der Waals surface area (Å²) in [4.78, 5) is 35.1. The molecule has 3 N–H and O–H groups in total. The van der Waals surface area contributed by atoms with E-state index in [9.17, 15) is 14.7 Å². The van der Waals surface area contributed by atoms with E-state index < -0.39 is 11.9 Å². The maximum atomic E-state index is 14.0. The number of hydrogen-bond donors (Lipinski definition) is 2. The van der Waals surface area contributed by atoms with Gasteiger partial charge in [0.25, 0.3) is 0 Å². The lowest BCUT2D eigenvalue weighted by Gasteiger charge is -2.30. The molecule has 0 radical (unpaired) electrons. The number of carboxylic acid groups (broad SMARTS) is 1. The predicted octanol–water partition coefficient (Wildman–Crippen LogP) is 3.54. The number of nitrogens with two attached hydrogens (primary N) is 1. The van der Waals surface area contributed by atoms with E-state index in [1.54, 1.807) is 6.20 Å². The first kappa shape index (κ1) is 28.6. The van der Waals surface area contributed by atoms with E-state index in [1.165, 1.54) is 0 Å². The molecule has 10 heteroatoms. The monoisotopic (exact) mass is 561 g/mol. The third-order valence-electron chi connectivity index (χ3n) is 8.28. The first-order valence-corrected chi connectivity index (χ1v) is 14.3. The SMILES string of the molecule is CCCCN(C(=O)CN1C[C@H](c2ccc3c(c2)OCO3)[C@@H](C(=O)O)[C@@H]1CCc1nccn1C)c1cccc(CN)c1. The van der Waals surface area contributed by atoms with Crippen molar-refractivity contribution in [2.75, 3.05) is 31.3 Å². The number of hydrogen-bond acceptors (Lipinski definition) is 7. The van der Waals surface area contributed by atoms with Crippen molar-refractivity contribution in [3.05, 3.63) is 71.8 Å². The standard InChI is InChI=1S/C31H39N5O5/c1-3-4-13-36(23-7-5-6-21(15-23)17-32)29(37)19-35-18-24(22-8-10-26-27(16-22)41-20-40-26)30(31(38)39)25(35)9-11-28-33-12-14-34(28)2/h5-8,10,12,14-16,24-25,30H,3-4,9,11,13,17-20,32H2,1-2H3,(H,38,39)/t24-,25+,30-/m1/s1. The van der Waals surface area contributed by atoms with Gasteiger partial charge in [-0.3, -0.25) is 14.5 Å². The van der Waals surface area contributed by atoms with Crippen LogP contribution in [0.4, 0.5) is 5.69 Å².